The molecule has 0 bridgehead atoms. The zero-order valence-corrected chi connectivity index (χ0v) is 9.89. The van der Waals surface area contributed by atoms with E-state index in [-0.39, 0.29) is 0 Å². The van der Waals surface area contributed by atoms with Crippen LogP contribution >= 0.6 is 0 Å². The van der Waals surface area contributed by atoms with Crippen LogP contribution < -0.4 is 0 Å². The summed E-state index contributed by atoms with van der Waals surface area (Å²) in [4.78, 5) is 11.4. The lowest BCUT2D eigenvalue weighted by molar-refractivity contribution is -0.168. The van der Waals surface area contributed by atoms with Crippen LogP contribution in [0.15, 0.2) is 30.3 Å². The van der Waals surface area contributed by atoms with E-state index in [4.69, 9.17) is 9.84 Å². The fourth-order valence-electron chi connectivity index (χ4n) is 2.56. The maximum Gasteiger partial charge on any atom is 0.332 e. The van der Waals surface area contributed by atoms with E-state index in [1.54, 1.807) is 0 Å². The minimum absolute atomic E-state index is 0.515. The molecule has 2 rings (SSSR count). The molecule has 0 radical (unpaired) electrons. The Morgan fingerprint density at radius 1 is 1.18 bits per heavy atom. The number of aliphatic hydroxyl groups is 1. The van der Waals surface area contributed by atoms with Crippen LogP contribution in [-0.4, -0.2) is 17.7 Å². The van der Waals surface area contributed by atoms with Gasteiger partial charge < -0.3 is 9.84 Å². The van der Waals surface area contributed by atoms with Crippen LogP contribution in [0.5, 0.6) is 0 Å². The van der Waals surface area contributed by atoms with Crippen molar-refractivity contribution in [3.63, 3.8) is 0 Å². The molecule has 1 aromatic carbocycles. The molecule has 3 nitrogen and oxygen atoms in total. The minimum Gasteiger partial charge on any atom is -0.452 e. The van der Waals surface area contributed by atoms with Crippen molar-refractivity contribution < 1.29 is 14.6 Å². The topological polar surface area (TPSA) is 46.5 Å². The Morgan fingerprint density at radius 3 is 2.41 bits per heavy atom. The number of carbonyl (C=O) groups is 1. The normalized spacial score (nSPS) is 18.6. The molecule has 1 N–H and O–H groups in total. The van der Waals surface area contributed by atoms with Crippen molar-refractivity contribution in [3.8, 4) is 0 Å². The third kappa shape index (κ3) is 2.67. The number of carbonyl (C=O) groups excluding carboxylic acids is 1. The zero-order valence-electron chi connectivity index (χ0n) is 9.89. The van der Waals surface area contributed by atoms with Gasteiger partial charge >= 0.3 is 5.97 Å². The second-order valence-corrected chi connectivity index (χ2v) is 4.55. The first-order valence-corrected chi connectivity index (χ1v) is 6.15. The van der Waals surface area contributed by atoms with Crippen molar-refractivity contribution in [2.24, 2.45) is 0 Å². The van der Waals surface area contributed by atoms with Gasteiger partial charge in [0.15, 0.2) is 0 Å². The van der Waals surface area contributed by atoms with Gasteiger partial charge in [0, 0.05) is 0 Å². The molecular formula is C14H18O3. The number of hydrogen-bond donors (Lipinski definition) is 1. The predicted molar refractivity (Wildman–Crippen MR) is 64.4 cm³/mol. The summed E-state index contributed by atoms with van der Waals surface area (Å²) in [5.41, 5.74) is 0.528. The van der Waals surface area contributed by atoms with Gasteiger partial charge in [-0.25, -0.2) is 4.79 Å². The van der Waals surface area contributed by atoms with Crippen LogP contribution in [0.1, 0.15) is 37.7 Å². The van der Waals surface area contributed by atoms with E-state index in [2.05, 4.69) is 0 Å². The molecule has 92 valence electrons. The fourth-order valence-corrected chi connectivity index (χ4v) is 2.56. The van der Waals surface area contributed by atoms with Gasteiger partial charge in [0.05, 0.1) is 0 Å². The molecule has 17 heavy (non-hydrogen) atoms. The number of ether oxygens (including phenoxy) is 1. The Bertz CT molecular complexity index is 366. The first kappa shape index (κ1) is 12.1. The number of aliphatic hydroxyl groups excluding tert-OH is 1. The molecule has 0 aliphatic heterocycles. The van der Waals surface area contributed by atoms with Gasteiger partial charge in [-0.3, -0.25) is 0 Å². The summed E-state index contributed by atoms with van der Waals surface area (Å²) in [6.07, 6.45) is 5.01. The number of esters is 1. The first-order valence-electron chi connectivity index (χ1n) is 6.15. The number of hydrogen-bond acceptors (Lipinski definition) is 3. The van der Waals surface area contributed by atoms with E-state index in [1.165, 1.54) is 6.42 Å². The predicted octanol–water partition coefficient (Wildman–Crippen LogP) is 2.38. The molecule has 1 aromatic rings. The zero-order chi connectivity index (χ0) is 12.1. The highest BCUT2D eigenvalue weighted by atomic mass is 16.6. The summed E-state index contributed by atoms with van der Waals surface area (Å²) in [7, 11) is 0. The van der Waals surface area contributed by atoms with Gasteiger partial charge in [-0.2, -0.15) is 0 Å². The van der Waals surface area contributed by atoms with Gasteiger partial charge in [-0.1, -0.05) is 36.8 Å². The monoisotopic (exact) mass is 234 g/mol. The van der Waals surface area contributed by atoms with Crippen molar-refractivity contribution in [1.29, 1.82) is 0 Å². The lowest BCUT2D eigenvalue weighted by atomic mass is 9.79. The number of benzene rings is 1. The molecule has 1 aliphatic carbocycles. The van der Waals surface area contributed by atoms with E-state index in [0.29, 0.717) is 0 Å². The minimum atomic E-state index is -0.547. The van der Waals surface area contributed by atoms with Crippen LogP contribution in [0.2, 0.25) is 0 Å². The van der Waals surface area contributed by atoms with Gasteiger partial charge in [0.25, 0.3) is 0 Å². The Hall–Kier alpha value is -1.35. The van der Waals surface area contributed by atoms with Crippen molar-refractivity contribution in [2.45, 2.75) is 37.7 Å². The highest BCUT2D eigenvalue weighted by Gasteiger charge is 2.37. The van der Waals surface area contributed by atoms with Gasteiger partial charge in [0.2, 0.25) is 0 Å². The summed E-state index contributed by atoms with van der Waals surface area (Å²) in [5.74, 6) is -0.532. The van der Waals surface area contributed by atoms with Crippen LogP contribution in [0.3, 0.4) is 0 Å². The first-order chi connectivity index (χ1) is 8.27. The second-order valence-electron chi connectivity index (χ2n) is 4.55. The molecule has 1 aliphatic rings. The van der Waals surface area contributed by atoms with Gasteiger partial charge in [-0.05, 0) is 31.2 Å². The molecule has 1 saturated carbocycles. The molecule has 0 spiro atoms. The third-order valence-corrected chi connectivity index (χ3v) is 3.40. The Kier molecular flexibility index (Phi) is 3.79. The van der Waals surface area contributed by atoms with Crippen LogP contribution in [0.4, 0.5) is 0 Å². The molecule has 3 heteroatoms. The van der Waals surface area contributed by atoms with Crippen molar-refractivity contribution in [2.75, 3.05) is 6.61 Å². The Balaban J connectivity index is 2.26. The molecule has 0 heterocycles. The maximum atomic E-state index is 11.4. The molecule has 0 atom stereocenters. The molecular weight excluding hydrogens is 216 g/mol. The fraction of sp³-hybridized carbons (Fsp3) is 0.500. The van der Waals surface area contributed by atoms with Crippen LogP contribution in [0.25, 0.3) is 0 Å². The van der Waals surface area contributed by atoms with Crippen molar-refractivity contribution in [3.05, 3.63) is 35.9 Å². The summed E-state index contributed by atoms with van der Waals surface area (Å²) in [5, 5.41) is 8.85. The third-order valence-electron chi connectivity index (χ3n) is 3.40. The summed E-state index contributed by atoms with van der Waals surface area (Å²) < 4.78 is 5.53. The molecule has 0 amide bonds. The summed E-state index contributed by atoms with van der Waals surface area (Å²) in [6.45, 7) is -0.547. The van der Waals surface area contributed by atoms with Gasteiger partial charge in [0.1, 0.15) is 12.2 Å². The average Bonchev–Trinajstić information content (AvgIpc) is 2.40. The second kappa shape index (κ2) is 5.32. The Labute approximate surface area is 101 Å². The molecule has 1 fully saturated rings. The van der Waals surface area contributed by atoms with E-state index in [1.807, 2.05) is 30.3 Å². The number of rotatable bonds is 3. The largest absolute Gasteiger partial charge is 0.452 e. The molecule has 0 aromatic heterocycles. The molecule has 0 saturated heterocycles. The smallest absolute Gasteiger partial charge is 0.332 e. The highest BCUT2D eigenvalue weighted by Crippen LogP contribution is 2.40. The lowest BCUT2D eigenvalue weighted by Gasteiger charge is -2.37. The van der Waals surface area contributed by atoms with Crippen molar-refractivity contribution in [1.82, 2.24) is 0 Å². The molecule has 0 unspecified atom stereocenters. The highest BCUT2D eigenvalue weighted by molar-refractivity contribution is 5.71. The van der Waals surface area contributed by atoms with Crippen LogP contribution in [-0.2, 0) is 15.1 Å². The van der Waals surface area contributed by atoms with E-state index >= 15 is 0 Å². The maximum absolute atomic E-state index is 11.4. The SMILES string of the molecule is O=C(CO)OC1(c2ccccc2)CCCCC1. The van der Waals surface area contributed by atoms with Crippen LogP contribution in [0, 0.1) is 0 Å². The van der Waals surface area contributed by atoms with Crippen molar-refractivity contribution >= 4 is 5.97 Å². The van der Waals surface area contributed by atoms with E-state index < -0.39 is 18.2 Å². The summed E-state index contributed by atoms with van der Waals surface area (Å²) in [6, 6.07) is 9.86. The average molecular weight is 234 g/mol. The lowest BCUT2D eigenvalue weighted by Crippen LogP contribution is -2.35. The van der Waals surface area contributed by atoms with Gasteiger partial charge in [-0.15, -0.1) is 0 Å². The standard InChI is InChI=1S/C14H18O3/c15-11-13(16)17-14(9-5-2-6-10-14)12-7-3-1-4-8-12/h1,3-4,7-8,15H,2,5-6,9-11H2. The Morgan fingerprint density at radius 2 is 1.82 bits per heavy atom. The van der Waals surface area contributed by atoms with E-state index in [9.17, 15) is 4.79 Å². The summed E-state index contributed by atoms with van der Waals surface area (Å²) >= 11 is 0. The van der Waals surface area contributed by atoms with E-state index in [0.717, 1.165) is 31.2 Å². The quantitative estimate of drug-likeness (QED) is 0.817.